The minimum atomic E-state index is 0.0427. The standard InChI is InChI=1S/C17H17BrN2OS/c1-2-4-17-20-14(10-13(19-20)16-5-3-8-22-16)12-9-11(18)6-7-15(12)21-17/h3,5-9,14,17H,2,4,10H2,1H3. The van der Waals surface area contributed by atoms with Crippen LogP contribution < -0.4 is 4.74 Å². The van der Waals surface area contributed by atoms with Gasteiger partial charge in [0.05, 0.1) is 16.6 Å². The Morgan fingerprint density at radius 2 is 2.32 bits per heavy atom. The fourth-order valence-electron chi connectivity index (χ4n) is 3.16. The molecule has 5 heteroatoms. The minimum Gasteiger partial charge on any atom is -0.469 e. The molecule has 22 heavy (non-hydrogen) atoms. The average Bonchev–Trinajstić information content (AvgIpc) is 3.17. The Balaban J connectivity index is 1.74. The van der Waals surface area contributed by atoms with Crippen molar-refractivity contribution >= 4 is 33.0 Å². The van der Waals surface area contributed by atoms with Crippen LogP contribution in [-0.2, 0) is 0 Å². The topological polar surface area (TPSA) is 24.8 Å². The van der Waals surface area contributed by atoms with Gasteiger partial charge in [0.1, 0.15) is 5.75 Å². The third-order valence-corrected chi connectivity index (χ3v) is 5.58. The van der Waals surface area contributed by atoms with Gasteiger partial charge in [0, 0.05) is 22.9 Å². The van der Waals surface area contributed by atoms with Crippen LogP contribution in [-0.4, -0.2) is 16.9 Å². The number of hydrazone groups is 1. The number of fused-ring (bicyclic) bond motifs is 3. The Morgan fingerprint density at radius 3 is 3.09 bits per heavy atom. The van der Waals surface area contributed by atoms with Crippen LogP contribution in [0.1, 0.15) is 42.7 Å². The first-order chi connectivity index (χ1) is 10.8. The molecule has 0 spiro atoms. The van der Waals surface area contributed by atoms with Gasteiger partial charge in [0.2, 0.25) is 0 Å². The lowest BCUT2D eigenvalue weighted by molar-refractivity contribution is -0.0223. The van der Waals surface area contributed by atoms with Gasteiger partial charge in [-0.25, -0.2) is 0 Å². The number of ether oxygens (including phenoxy) is 1. The second kappa shape index (κ2) is 5.70. The number of hydrogen-bond donors (Lipinski definition) is 0. The maximum absolute atomic E-state index is 6.21. The normalized spacial score (nSPS) is 22.8. The molecular weight excluding hydrogens is 360 g/mol. The number of nitrogens with zero attached hydrogens (tertiary/aromatic N) is 2. The highest BCUT2D eigenvalue weighted by Gasteiger charge is 2.39. The molecular formula is C17H17BrN2OS. The minimum absolute atomic E-state index is 0.0427. The van der Waals surface area contributed by atoms with Crippen molar-refractivity contribution < 1.29 is 4.74 Å². The van der Waals surface area contributed by atoms with Crippen LogP contribution in [0.15, 0.2) is 45.3 Å². The van der Waals surface area contributed by atoms with E-state index in [-0.39, 0.29) is 12.3 Å². The van der Waals surface area contributed by atoms with Gasteiger partial charge in [-0.2, -0.15) is 5.10 Å². The first kappa shape index (κ1) is 14.3. The SMILES string of the molecule is CCCC1Oc2ccc(Br)cc2C2CC(c3cccs3)=NN12. The van der Waals surface area contributed by atoms with E-state index in [1.807, 2.05) is 6.07 Å². The summed E-state index contributed by atoms with van der Waals surface area (Å²) in [6.45, 7) is 2.19. The van der Waals surface area contributed by atoms with Crippen LogP contribution in [0.5, 0.6) is 5.75 Å². The molecule has 2 aliphatic rings. The zero-order chi connectivity index (χ0) is 15.1. The van der Waals surface area contributed by atoms with Crippen LogP contribution in [0.25, 0.3) is 0 Å². The Hall–Kier alpha value is -1.33. The lowest BCUT2D eigenvalue weighted by Crippen LogP contribution is -2.40. The largest absolute Gasteiger partial charge is 0.469 e. The molecule has 0 saturated carbocycles. The first-order valence-electron chi connectivity index (χ1n) is 7.62. The van der Waals surface area contributed by atoms with Crippen LogP contribution in [0.2, 0.25) is 0 Å². The Morgan fingerprint density at radius 1 is 1.41 bits per heavy atom. The van der Waals surface area contributed by atoms with Gasteiger partial charge in [-0.3, -0.25) is 5.01 Å². The van der Waals surface area contributed by atoms with Crippen LogP contribution >= 0.6 is 27.3 Å². The van der Waals surface area contributed by atoms with Crippen LogP contribution in [0.4, 0.5) is 0 Å². The van der Waals surface area contributed by atoms with Crippen molar-refractivity contribution in [3.63, 3.8) is 0 Å². The monoisotopic (exact) mass is 376 g/mol. The molecule has 3 heterocycles. The quantitative estimate of drug-likeness (QED) is 0.736. The van der Waals surface area contributed by atoms with E-state index in [0.717, 1.165) is 29.5 Å². The summed E-state index contributed by atoms with van der Waals surface area (Å²) in [6.07, 6.45) is 3.07. The van der Waals surface area contributed by atoms with Crippen LogP contribution in [0.3, 0.4) is 0 Å². The maximum Gasteiger partial charge on any atom is 0.187 e. The van der Waals surface area contributed by atoms with Gasteiger partial charge in [0.25, 0.3) is 0 Å². The molecule has 1 aromatic carbocycles. The Labute approximate surface area is 142 Å². The van der Waals surface area contributed by atoms with Crippen molar-refractivity contribution in [1.29, 1.82) is 0 Å². The fraction of sp³-hybridized carbons (Fsp3) is 0.353. The van der Waals surface area contributed by atoms with E-state index in [4.69, 9.17) is 9.84 Å². The lowest BCUT2D eigenvalue weighted by atomic mass is 9.98. The van der Waals surface area contributed by atoms with E-state index in [2.05, 4.69) is 57.5 Å². The molecule has 3 nitrogen and oxygen atoms in total. The van der Waals surface area contributed by atoms with E-state index in [1.165, 1.54) is 16.2 Å². The second-order valence-electron chi connectivity index (χ2n) is 5.67. The summed E-state index contributed by atoms with van der Waals surface area (Å²) < 4.78 is 7.30. The zero-order valence-corrected chi connectivity index (χ0v) is 14.7. The van der Waals surface area contributed by atoms with Gasteiger partial charge in [-0.1, -0.05) is 35.3 Å². The predicted octanol–water partition coefficient (Wildman–Crippen LogP) is 5.18. The smallest absolute Gasteiger partial charge is 0.187 e. The molecule has 2 aromatic rings. The zero-order valence-electron chi connectivity index (χ0n) is 12.3. The molecule has 114 valence electrons. The number of thiophene rings is 1. The van der Waals surface area contributed by atoms with Gasteiger partial charge < -0.3 is 4.74 Å². The molecule has 1 aromatic heterocycles. The molecule has 0 saturated heterocycles. The summed E-state index contributed by atoms with van der Waals surface area (Å²) in [6, 6.07) is 10.8. The predicted molar refractivity (Wildman–Crippen MR) is 93.5 cm³/mol. The van der Waals surface area contributed by atoms with Gasteiger partial charge in [0.15, 0.2) is 6.23 Å². The van der Waals surface area contributed by atoms with E-state index in [1.54, 1.807) is 11.3 Å². The van der Waals surface area contributed by atoms with Crippen molar-refractivity contribution in [3.8, 4) is 5.75 Å². The lowest BCUT2D eigenvalue weighted by Gasteiger charge is -2.38. The number of benzene rings is 1. The van der Waals surface area contributed by atoms with Crippen molar-refractivity contribution in [3.05, 3.63) is 50.6 Å². The van der Waals surface area contributed by atoms with Crippen molar-refractivity contribution in [2.24, 2.45) is 5.10 Å². The molecule has 2 unspecified atom stereocenters. The highest BCUT2D eigenvalue weighted by molar-refractivity contribution is 9.10. The molecule has 0 N–H and O–H groups in total. The Bertz CT molecular complexity index is 713. The summed E-state index contributed by atoms with van der Waals surface area (Å²) in [7, 11) is 0. The molecule has 0 amide bonds. The number of rotatable bonds is 3. The highest BCUT2D eigenvalue weighted by Crippen LogP contribution is 2.44. The molecule has 0 aliphatic carbocycles. The van der Waals surface area contributed by atoms with Crippen molar-refractivity contribution in [2.45, 2.75) is 38.5 Å². The summed E-state index contributed by atoms with van der Waals surface area (Å²) >= 11 is 5.33. The van der Waals surface area contributed by atoms with Gasteiger partial charge >= 0.3 is 0 Å². The highest BCUT2D eigenvalue weighted by atomic mass is 79.9. The van der Waals surface area contributed by atoms with E-state index >= 15 is 0 Å². The molecule has 0 fully saturated rings. The molecule has 0 radical (unpaired) electrons. The second-order valence-corrected chi connectivity index (χ2v) is 7.53. The molecule has 0 bridgehead atoms. The summed E-state index contributed by atoms with van der Waals surface area (Å²) in [4.78, 5) is 1.26. The van der Waals surface area contributed by atoms with Gasteiger partial charge in [-0.15, -0.1) is 11.3 Å². The average molecular weight is 377 g/mol. The summed E-state index contributed by atoms with van der Waals surface area (Å²) in [5.74, 6) is 1.01. The van der Waals surface area contributed by atoms with Crippen molar-refractivity contribution in [1.82, 2.24) is 5.01 Å². The number of hydrogen-bond acceptors (Lipinski definition) is 4. The summed E-state index contributed by atoms with van der Waals surface area (Å²) in [5, 5.41) is 9.19. The Kier molecular flexibility index (Phi) is 3.70. The molecule has 2 atom stereocenters. The van der Waals surface area contributed by atoms with E-state index in [9.17, 15) is 0 Å². The van der Waals surface area contributed by atoms with Crippen LogP contribution in [0, 0.1) is 0 Å². The van der Waals surface area contributed by atoms with Crippen molar-refractivity contribution in [2.75, 3.05) is 0 Å². The fourth-order valence-corrected chi connectivity index (χ4v) is 4.26. The van der Waals surface area contributed by atoms with E-state index < -0.39 is 0 Å². The third-order valence-electron chi connectivity index (χ3n) is 4.17. The first-order valence-corrected chi connectivity index (χ1v) is 9.29. The number of halogens is 1. The molecule has 2 aliphatic heterocycles. The molecule has 4 rings (SSSR count). The summed E-state index contributed by atoms with van der Waals surface area (Å²) in [5.41, 5.74) is 2.41. The van der Waals surface area contributed by atoms with Gasteiger partial charge in [-0.05, 0) is 29.6 Å². The maximum atomic E-state index is 6.21. The van der Waals surface area contributed by atoms with E-state index in [0.29, 0.717) is 0 Å². The third kappa shape index (κ3) is 2.36.